The Labute approximate surface area is 234 Å². The molecule has 0 aliphatic carbocycles. The van der Waals surface area contributed by atoms with Crippen molar-refractivity contribution in [2.24, 2.45) is 5.10 Å². The summed E-state index contributed by atoms with van der Waals surface area (Å²) in [4.78, 5) is 4.43. The highest BCUT2D eigenvalue weighted by Crippen LogP contribution is 2.40. The molecule has 0 radical (unpaired) electrons. The highest BCUT2D eigenvalue weighted by atomic mass is 35.5. The van der Waals surface area contributed by atoms with Gasteiger partial charge in [0.1, 0.15) is 5.82 Å². The van der Waals surface area contributed by atoms with E-state index in [1.54, 1.807) is 24.4 Å². The van der Waals surface area contributed by atoms with Crippen LogP contribution in [0.1, 0.15) is 23.6 Å². The Balaban J connectivity index is 1.37. The van der Waals surface area contributed by atoms with Gasteiger partial charge in [0.15, 0.2) is 0 Å². The van der Waals surface area contributed by atoms with Crippen molar-refractivity contribution in [3.8, 4) is 0 Å². The third kappa shape index (κ3) is 5.05. The number of aromatic nitrogens is 1. The van der Waals surface area contributed by atoms with Crippen LogP contribution < -0.4 is 10.3 Å². The molecule has 0 spiro atoms. The largest absolute Gasteiger partial charge is 0.355 e. The van der Waals surface area contributed by atoms with Crippen LogP contribution in [0.15, 0.2) is 102 Å². The zero-order chi connectivity index (χ0) is 26.2. The van der Waals surface area contributed by atoms with Gasteiger partial charge < -0.3 is 5.32 Å². The van der Waals surface area contributed by atoms with Crippen LogP contribution in [0, 0.1) is 5.82 Å². The van der Waals surface area contributed by atoms with Crippen molar-refractivity contribution < 1.29 is 4.39 Å². The minimum atomic E-state index is -0.285. The van der Waals surface area contributed by atoms with Gasteiger partial charge in [-0.1, -0.05) is 59.1 Å². The number of hydrogen-bond donors (Lipinski definition) is 1. The topological polar surface area (TPSA) is 40.5 Å². The fourth-order valence-electron chi connectivity index (χ4n) is 4.71. The average Bonchev–Trinajstić information content (AvgIpc) is 3.34. The van der Waals surface area contributed by atoms with Crippen LogP contribution in [0.2, 0.25) is 15.1 Å². The minimum absolute atomic E-state index is 0.126. The van der Waals surface area contributed by atoms with Gasteiger partial charge in [0.2, 0.25) is 0 Å². The van der Waals surface area contributed by atoms with Crippen molar-refractivity contribution in [1.29, 1.82) is 0 Å². The summed E-state index contributed by atoms with van der Waals surface area (Å²) in [5.74, 6) is -0.285. The number of hydrogen-bond acceptors (Lipinski definition) is 4. The Morgan fingerprint density at radius 2 is 1.61 bits per heavy atom. The van der Waals surface area contributed by atoms with Crippen LogP contribution in [-0.2, 0) is 0 Å². The summed E-state index contributed by atoms with van der Waals surface area (Å²) in [6.45, 7) is 0. The average molecular weight is 562 g/mol. The summed E-state index contributed by atoms with van der Waals surface area (Å²) in [6.07, 6.45) is 2.38. The molecule has 1 aromatic heterocycles. The molecule has 5 aromatic rings. The molecule has 1 aliphatic rings. The predicted molar refractivity (Wildman–Crippen MR) is 156 cm³/mol. The van der Waals surface area contributed by atoms with Crippen molar-refractivity contribution in [3.63, 3.8) is 0 Å². The van der Waals surface area contributed by atoms with Gasteiger partial charge in [-0.3, -0.25) is 9.99 Å². The van der Waals surface area contributed by atoms with Crippen molar-refractivity contribution >= 4 is 68.5 Å². The van der Waals surface area contributed by atoms with Crippen LogP contribution in [0.4, 0.5) is 21.5 Å². The Morgan fingerprint density at radius 1 is 0.816 bits per heavy atom. The van der Waals surface area contributed by atoms with Gasteiger partial charge in [-0.2, -0.15) is 5.10 Å². The highest BCUT2D eigenvalue weighted by Gasteiger charge is 2.30. The number of fused-ring (bicyclic) bond motifs is 1. The Bertz CT molecular complexity index is 1670. The quantitative estimate of drug-likeness (QED) is 0.232. The van der Waals surface area contributed by atoms with Gasteiger partial charge in [0.05, 0.1) is 23.0 Å². The molecule has 4 nitrogen and oxygen atoms in total. The van der Waals surface area contributed by atoms with Gasteiger partial charge in [0.25, 0.3) is 0 Å². The molecule has 0 bridgehead atoms. The number of halogens is 4. The SMILES string of the molecule is Fc1ccc(C2=NN(c3cc(Cl)cc(Cl)c3)C(c3cccc(Nc4ccnc5cc(Cl)ccc45)c3)C2)cc1. The first-order valence-corrected chi connectivity index (χ1v) is 13.1. The third-order valence-electron chi connectivity index (χ3n) is 6.45. The van der Waals surface area contributed by atoms with Crippen molar-refractivity contribution in [1.82, 2.24) is 4.98 Å². The maximum Gasteiger partial charge on any atom is 0.123 e. The fourth-order valence-corrected chi connectivity index (χ4v) is 5.39. The number of nitrogens with one attached hydrogen (secondary N) is 1. The molecule has 4 aromatic carbocycles. The predicted octanol–water partition coefficient (Wildman–Crippen LogP) is 9.43. The molecule has 6 rings (SSSR count). The summed E-state index contributed by atoms with van der Waals surface area (Å²) in [7, 11) is 0. The fraction of sp³-hybridized carbons (Fsp3) is 0.0667. The number of anilines is 3. The lowest BCUT2D eigenvalue weighted by Gasteiger charge is -2.25. The molecule has 0 saturated heterocycles. The number of rotatable bonds is 5. The monoisotopic (exact) mass is 560 g/mol. The van der Waals surface area contributed by atoms with Crippen molar-refractivity contribution in [2.45, 2.75) is 12.5 Å². The van der Waals surface area contributed by atoms with E-state index in [4.69, 9.17) is 39.9 Å². The maximum absolute atomic E-state index is 13.6. The van der Waals surface area contributed by atoms with E-state index >= 15 is 0 Å². The van der Waals surface area contributed by atoms with Crippen LogP contribution >= 0.6 is 34.8 Å². The molecule has 1 N–H and O–H groups in total. The van der Waals surface area contributed by atoms with Gasteiger partial charge in [0, 0.05) is 44.4 Å². The molecule has 38 heavy (non-hydrogen) atoms. The van der Waals surface area contributed by atoms with E-state index in [2.05, 4.69) is 22.4 Å². The Kier molecular flexibility index (Phi) is 6.66. The van der Waals surface area contributed by atoms with Crippen LogP contribution in [0.3, 0.4) is 0 Å². The van der Waals surface area contributed by atoms with E-state index in [-0.39, 0.29) is 11.9 Å². The van der Waals surface area contributed by atoms with Crippen LogP contribution in [0.25, 0.3) is 10.9 Å². The van der Waals surface area contributed by atoms with E-state index in [1.807, 2.05) is 53.5 Å². The van der Waals surface area contributed by atoms with E-state index in [9.17, 15) is 4.39 Å². The second-order valence-electron chi connectivity index (χ2n) is 9.02. The van der Waals surface area contributed by atoms with Gasteiger partial charge in [-0.15, -0.1) is 0 Å². The summed E-state index contributed by atoms with van der Waals surface area (Å²) in [6, 6.07) is 27.4. The molecule has 2 heterocycles. The number of hydrazone groups is 1. The van der Waals surface area contributed by atoms with Crippen molar-refractivity contribution in [2.75, 3.05) is 10.3 Å². The summed E-state index contributed by atoms with van der Waals surface area (Å²) < 4.78 is 13.6. The molecular formula is C30H20Cl3FN4. The number of pyridine rings is 1. The molecule has 8 heteroatoms. The molecule has 1 unspecified atom stereocenters. The molecule has 0 fully saturated rings. The maximum atomic E-state index is 13.6. The summed E-state index contributed by atoms with van der Waals surface area (Å²) >= 11 is 18.8. The number of benzene rings is 4. The third-order valence-corrected chi connectivity index (χ3v) is 7.13. The Morgan fingerprint density at radius 3 is 2.39 bits per heavy atom. The summed E-state index contributed by atoms with van der Waals surface area (Å²) in [5.41, 5.74) is 6.20. The van der Waals surface area contributed by atoms with E-state index < -0.39 is 0 Å². The molecule has 188 valence electrons. The molecule has 1 atom stereocenters. The first kappa shape index (κ1) is 24.7. The lowest BCUT2D eigenvalue weighted by molar-refractivity contribution is 0.627. The standard InChI is InChI=1S/C30H20Cl3FN4/c31-20-6-9-26-27(10-11-35-29(26)16-20)36-24-3-1-2-19(12-24)30-17-28(18-4-7-23(34)8-5-18)37-38(30)25-14-21(32)13-22(33)15-25/h1-16,30H,17H2,(H,35,36). The second kappa shape index (κ2) is 10.3. The van der Waals surface area contributed by atoms with E-state index in [0.29, 0.717) is 21.5 Å². The van der Waals surface area contributed by atoms with E-state index in [1.165, 1.54) is 12.1 Å². The normalized spacial score (nSPS) is 15.1. The number of nitrogens with zero attached hydrogens (tertiary/aromatic N) is 3. The zero-order valence-corrected chi connectivity index (χ0v) is 22.1. The molecule has 0 amide bonds. The molecular weight excluding hydrogens is 542 g/mol. The van der Waals surface area contributed by atoms with Gasteiger partial charge in [-0.25, -0.2) is 4.39 Å². The lowest BCUT2D eigenvalue weighted by Crippen LogP contribution is -2.18. The second-order valence-corrected chi connectivity index (χ2v) is 10.3. The van der Waals surface area contributed by atoms with E-state index in [0.717, 1.165) is 44.8 Å². The highest BCUT2D eigenvalue weighted by molar-refractivity contribution is 6.35. The van der Waals surface area contributed by atoms with Crippen LogP contribution in [0.5, 0.6) is 0 Å². The minimum Gasteiger partial charge on any atom is -0.355 e. The first-order valence-electron chi connectivity index (χ1n) is 11.9. The van der Waals surface area contributed by atoms with Crippen LogP contribution in [-0.4, -0.2) is 10.7 Å². The molecule has 0 saturated carbocycles. The van der Waals surface area contributed by atoms with Gasteiger partial charge >= 0.3 is 0 Å². The first-order chi connectivity index (χ1) is 18.4. The lowest BCUT2D eigenvalue weighted by atomic mass is 9.97. The van der Waals surface area contributed by atoms with Gasteiger partial charge in [-0.05, 0) is 77.9 Å². The van der Waals surface area contributed by atoms with Crippen molar-refractivity contribution in [3.05, 3.63) is 129 Å². The Hall–Kier alpha value is -3.64. The smallest absolute Gasteiger partial charge is 0.123 e. The summed E-state index contributed by atoms with van der Waals surface area (Å²) in [5, 5.41) is 13.1. The molecule has 1 aliphatic heterocycles. The zero-order valence-electron chi connectivity index (χ0n) is 19.9.